The minimum Gasteiger partial charge on any atom is -0.481 e. The highest BCUT2D eigenvalue weighted by molar-refractivity contribution is 5.81. The van der Waals surface area contributed by atoms with E-state index in [0.29, 0.717) is 25.9 Å². The molecule has 1 N–H and O–H groups in total. The van der Waals surface area contributed by atoms with Crippen molar-refractivity contribution in [2.75, 3.05) is 13.1 Å². The lowest BCUT2D eigenvalue weighted by Gasteiger charge is -2.31. The van der Waals surface area contributed by atoms with Gasteiger partial charge in [-0.05, 0) is 44.4 Å². The molecule has 0 aromatic heterocycles. The molecular formula is C15H21NO3. The third-order valence-corrected chi connectivity index (χ3v) is 3.43. The fourth-order valence-electron chi connectivity index (χ4n) is 2.29. The van der Waals surface area contributed by atoms with Crippen LogP contribution in [0, 0.1) is 6.92 Å². The van der Waals surface area contributed by atoms with Gasteiger partial charge in [0, 0.05) is 13.1 Å². The van der Waals surface area contributed by atoms with E-state index in [1.807, 2.05) is 31.2 Å². The highest BCUT2D eigenvalue weighted by Gasteiger charge is 2.26. The summed E-state index contributed by atoms with van der Waals surface area (Å²) in [5.41, 5.74) is 1.11. The maximum absolute atomic E-state index is 12.2. The Bertz CT molecular complexity index is 439. The smallest absolute Gasteiger partial charge is 0.263 e. The zero-order valence-corrected chi connectivity index (χ0v) is 11.5. The van der Waals surface area contributed by atoms with Gasteiger partial charge in [0.1, 0.15) is 5.75 Å². The predicted octanol–water partition coefficient (Wildman–Crippen LogP) is 1.75. The molecule has 4 nitrogen and oxygen atoms in total. The second kappa shape index (κ2) is 6.06. The molecule has 2 rings (SSSR count). The van der Waals surface area contributed by atoms with Crippen LogP contribution < -0.4 is 4.74 Å². The lowest BCUT2D eigenvalue weighted by atomic mass is 10.1. The molecule has 1 aromatic rings. The van der Waals surface area contributed by atoms with Crippen molar-refractivity contribution in [1.82, 2.24) is 4.90 Å². The van der Waals surface area contributed by atoms with Gasteiger partial charge >= 0.3 is 0 Å². The molecule has 1 amide bonds. The Labute approximate surface area is 114 Å². The molecule has 1 aliphatic rings. The van der Waals surface area contributed by atoms with E-state index in [0.717, 1.165) is 11.3 Å². The maximum atomic E-state index is 12.2. The third kappa shape index (κ3) is 3.70. The molecule has 19 heavy (non-hydrogen) atoms. The topological polar surface area (TPSA) is 49.8 Å². The van der Waals surface area contributed by atoms with Crippen molar-refractivity contribution in [3.63, 3.8) is 0 Å². The van der Waals surface area contributed by atoms with Crippen molar-refractivity contribution < 1.29 is 14.6 Å². The largest absolute Gasteiger partial charge is 0.481 e. The Morgan fingerprint density at radius 1 is 1.42 bits per heavy atom. The molecule has 1 heterocycles. The summed E-state index contributed by atoms with van der Waals surface area (Å²) in [5, 5.41) is 9.44. The number of piperidine rings is 1. The van der Waals surface area contributed by atoms with Gasteiger partial charge in [0.25, 0.3) is 5.91 Å². The number of amides is 1. The predicted molar refractivity (Wildman–Crippen MR) is 73.1 cm³/mol. The molecule has 0 spiro atoms. The Morgan fingerprint density at radius 3 is 2.74 bits per heavy atom. The monoisotopic (exact) mass is 263 g/mol. The van der Waals surface area contributed by atoms with Crippen molar-refractivity contribution in [2.45, 2.75) is 38.9 Å². The van der Waals surface area contributed by atoms with Crippen LogP contribution in [0.5, 0.6) is 5.75 Å². The van der Waals surface area contributed by atoms with E-state index in [4.69, 9.17) is 4.74 Å². The number of carbonyl (C=O) groups is 1. The van der Waals surface area contributed by atoms with Crippen LogP contribution in [0.15, 0.2) is 24.3 Å². The van der Waals surface area contributed by atoms with E-state index in [1.165, 1.54) is 0 Å². The summed E-state index contributed by atoms with van der Waals surface area (Å²) in [4.78, 5) is 14.0. The van der Waals surface area contributed by atoms with Crippen LogP contribution in [0.1, 0.15) is 25.3 Å². The minimum absolute atomic E-state index is 0.00611. The average Bonchev–Trinajstić information content (AvgIpc) is 2.39. The van der Waals surface area contributed by atoms with Crippen molar-refractivity contribution in [3.8, 4) is 5.75 Å². The second-order valence-corrected chi connectivity index (χ2v) is 5.13. The van der Waals surface area contributed by atoms with Gasteiger partial charge in [-0.3, -0.25) is 4.79 Å². The van der Waals surface area contributed by atoms with Crippen LogP contribution in [-0.4, -0.2) is 41.2 Å². The van der Waals surface area contributed by atoms with Crippen LogP contribution in [0.3, 0.4) is 0 Å². The zero-order valence-electron chi connectivity index (χ0n) is 11.5. The Hall–Kier alpha value is -1.55. The number of aliphatic hydroxyl groups excluding tert-OH is 1. The quantitative estimate of drug-likeness (QED) is 0.903. The van der Waals surface area contributed by atoms with Crippen LogP contribution in [0.25, 0.3) is 0 Å². The second-order valence-electron chi connectivity index (χ2n) is 5.13. The first-order valence-corrected chi connectivity index (χ1v) is 6.76. The Kier molecular flexibility index (Phi) is 4.43. The fraction of sp³-hybridized carbons (Fsp3) is 0.533. The summed E-state index contributed by atoms with van der Waals surface area (Å²) in [7, 11) is 0. The number of aryl methyl sites for hydroxylation is 1. The summed E-state index contributed by atoms with van der Waals surface area (Å²) in [6.07, 6.45) is 0.556. The molecule has 1 unspecified atom stereocenters. The van der Waals surface area contributed by atoms with Crippen molar-refractivity contribution in [1.29, 1.82) is 0 Å². The summed E-state index contributed by atoms with van der Waals surface area (Å²) in [6.45, 7) is 4.99. The van der Waals surface area contributed by atoms with Crippen LogP contribution >= 0.6 is 0 Å². The molecule has 0 saturated carbocycles. The van der Waals surface area contributed by atoms with Crippen LogP contribution in [0.2, 0.25) is 0 Å². The minimum atomic E-state index is -0.489. The molecular weight excluding hydrogens is 242 g/mol. The van der Waals surface area contributed by atoms with Gasteiger partial charge in [0.15, 0.2) is 6.10 Å². The Balaban J connectivity index is 1.92. The van der Waals surface area contributed by atoms with Crippen LogP contribution in [-0.2, 0) is 4.79 Å². The summed E-state index contributed by atoms with van der Waals surface area (Å²) in [5.74, 6) is 0.714. The van der Waals surface area contributed by atoms with E-state index in [2.05, 4.69) is 0 Å². The Morgan fingerprint density at radius 2 is 2.11 bits per heavy atom. The van der Waals surface area contributed by atoms with Gasteiger partial charge in [-0.25, -0.2) is 0 Å². The first kappa shape index (κ1) is 13.9. The molecule has 104 valence electrons. The lowest BCUT2D eigenvalue weighted by molar-refractivity contribution is -0.139. The number of likely N-dealkylation sites (tertiary alicyclic amines) is 1. The number of ether oxygens (including phenoxy) is 1. The fourth-order valence-corrected chi connectivity index (χ4v) is 2.29. The molecule has 1 atom stereocenters. The average molecular weight is 263 g/mol. The van der Waals surface area contributed by atoms with Crippen molar-refractivity contribution >= 4 is 5.91 Å². The maximum Gasteiger partial charge on any atom is 0.263 e. The van der Waals surface area contributed by atoms with E-state index < -0.39 is 6.10 Å². The standard InChI is InChI=1S/C15H21NO3/c1-11-4-3-5-14(10-11)19-12(2)15(18)16-8-6-13(17)7-9-16/h3-5,10,12-13,17H,6-9H2,1-2H3. The summed E-state index contributed by atoms with van der Waals surface area (Å²) in [6, 6.07) is 7.69. The lowest BCUT2D eigenvalue weighted by Crippen LogP contribution is -2.45. The molecule has 1 aliphatic heterocycles. The SMILES string of the molecule is Cc1cccc(OC(C)C(=O)N2CCC(O)CC2)c1. The summed E-state index contributed by atoms with van der Waals surface area (Å²) < 4.78 is 5.68. The zero-order chi connectivity index (χ0) is 13.8. The van der Waals surface area contributed by atoms with Gasteiger partial charge in [0.2, 0.25) is 0 Å². The van der Waals surface area contributed by atoms with Gasteiger partial charge in [0.05, 0.1) is 6.10 Å². The number of hydrogen-bond donors (Lipinski definition) is 1. The van der Waals surface area contributed by atoms with Gasteiger partial charge < -0.3 is 14.7 Å². The number of aliphatic hydroxyl groups is 1. The molecule has 0 bridgehead atoms. The highest BCUT2D eigenvalue weighted by Crippen LogP contribution is 2.17. The van der Waals surface area contributed by atoms with Gasteiger partial charge in [-0.1, -0.05) is 12.1 Å². The number of rotatable bonds is 3. The van der Waals surface area contributed by atoms with E-state index in [1.54, 1.807) is 11.8 Å². The van der Waals surface area contributed by atoms with Gasteiger partial charge in [-0.15, -0.1) is 0 Å². The van der Waals surface area contributed by atoms with Crippen molar-refractivity contribution in [2.24, 2.45) is 0 Å². The first-order valence-electron chi connectivity index (χ1n) is 6.76. The van der Waals surface area contributed by atoms with Gasteiger partial charge in [-0.2, -0.15) is 0 Å². The molecule has 0 aliphatic carbocycles. The third-order valence-electron chi connectivity index (χ3n) is 3.43. The number of benzene rings is 1. The number of nitrogens with zero attached hydrogens (tertiary/aromatic N) is 1. The number of carbonyl (C=O) groups excluding carboxylic acids is 1. The normalized spacial score (nSPS) is 18.2. The molecule has 1 saturated heterocycles. The van der Waals surface area contributed by atoms with Crippen LogP contribution in [0.4, 0.5) is 0 Å². The van der Waals surface area contributed by atoms with E-state index in [-0.39, 0.29) is 12.0 Å². The highest BCUT2D eigenvalue weighted by atomic mass is 16.5. The first-order chi connectivity index (χ1) is 9.06. The molecule has 1 fully saturated rings. The molecule has 4 heteroatoms. The summed E-state index contributed by atoms with van der Waals surface area (Å²) >= 11 is 0. The van der Waals surface area contributed by atoms with Crippen molar-refractivity contribution in [3.05, 3.63) is 29.8 Å². The van der Waals surface area contributed by atoms with E-state index >= 15 is 0 Å². The molecule has 0 radical (unpaired) electrons. The van der Waals surface area contributed by atoms with E-state index in [9.17, 15) is 9.90 Å². The number of hydrogen-bond acceptors (Lipinski definition) is 3. The molecule has 1 aromatic carbocycles.